The largest absolute Gasteiger partial charge is 0.481 e. The standard InChI is InChI=1S/C12H17NO5/c1-8-4-5-18-10(8)11(16)13-12(2,7-17-3)6-9(14)15/h4-5H,6-7H2,1-3H3,(H,13,16)(H,14,15). The maximum absolute atomic E-state index is 11.9. The van der Waals surface area contributed by atoms with E-state index in [-0.39, 0.29) is 18.8 Å². The van der Waals surface area contributed by atoms with Crippen molar-refractivity contribution in [2.75, 3.05) is 13.7 Å². The molecule has 0 fully saturated rings. The molecule has 1 amide bonds. The number of nitrogens with one attached hydrogen (secondary N) is 1. The lowest BCUT2D eigenvalue weighted by molar-refractivity contribution is -0.139. The van der Waals surface area contributed by atoms with E-state index in [0.29, 0.717) is 5.56 Å². The van der Waals surface area contributed by atoms with Crippen LogP contribution in [0.15, 0.2) is 16.7 Å². The van der Waals surface area contributed by atoms with Crippen molar-refractivity contribution >= 4 is 11.9 Å². The van der Waals surface area contributed by atoms with Crippen LogP contribution >= 0.6 is 0 Å². The molecule has 0 aliphatic rings. The van der Waals surface area contributed by atoms with Gasteiger partial charge in [-0.3, -0.25) is 9.59 Å². The van der Waals surface area contributed by atoms with Crippen LogP contribution in [-0.2, 0) is 9.53 Å². The quantitative estimate of drug-likeness (QED) is 0.797. The summed E-state index contributed by atoms with van der Waals surface area (Å²) < 4.78 is 10.0. The Morgan fingerprint density at radius 1 is 1.56 bits per heavy atom. The molecule has 1 aromatic heterocycles. The van der Waals surface area contributed by atoms with Crippen LogP contribution in [0.5, 0.6) is 0 Å². The van der Waals surface area contributed by atoms with Crippen LogP contribution < -0.4 is 5.32 Å². The number of carbonyl (C=O) groups is 2. The first kappa shape index (κ1) is 14.2. The predicted octanol–water partition coefficient (Wildman–Crippen LogP) is 1.20. The van der Waals surface area contributed by atoms with Crippen molar-refractivity contribution in [3.05, 3.63) is 23.7 Å². The fourth-order valence-corrected chi connectivity index (χ4v) is 1.72. The van der Waals surface area contributed by atoms with Crippen molar-refractivity contribution < 1.29 is 23.8 Å². The Bertz CT molecular complexity index is 439. The first-order valence-corrected chi connectivity index (χ1v) is 5.45. The summed E-state index contributed by atoms with van der Waals surface area (Å²) in [6.07, 6.45) is 1.18. The summed E-state index contributed by atoms with van der Waals surface area (Å²) in [7, 11) is 1.45. The summed E-state index contributed by atoms with van der Waals surface area (Å²) in [6.45, 7) is 3.45. The number of hydrogen-bond donors (Lipinski definition) is 2. The van der Waals surface area contributed by atoms with E-state index in [4.69, 9.17) is 14.3 Å². The second-order valence-corrected chi connectivity index (χ2v) is 4.45. The second kappa shape index (κ2) is 5.68. The highest BCUT2D eigenvalue weighted by Gasteiger charge is 2.31. The lowest BCUT2D eigenvalue weighted by atomic mass is 9.98. The molecule has 100 valence electrons. The Morgan fingerprint density at radius 2 is 2.22 bits per heavy atom. The zero-order valence-corrected chi connectivity index (χ0v) is 10.6. The molecule has 0 bridgehead atoms. The van der Waals surface area contributed by atoms with Gasteiger partial charge in [-0.2, -0.15) is 0 Å². The van der Waals surface area contributed by atoms with Crippen molar-refractivity contribution in [1.29, 1.82) is 0 Å². The average molecular weight is 255 g/mol. The van der Waals surface area contributed by atoms with Gasteiger partial charge in [0.25, 0.3) is 5.91 Å². The van der Waals surface area contributed by atoms with Gasteiger partial charge in [-0.1, -0.05) is 0 Å². The summed E-state index contributed by atoms with van der Waals surface area (Å²) >= 11 is 0. The number of carboxylic acid groups (broad SMARTS) is 1. The SMILES string of the molecule is COCC(C)(CC(=O)O)NC(=O)c1occc1C. The number of furan rings is 1. The molecule has 1 aromatic rings. The van der Waals surface area contributed by atoms with Crippen LogP contribution in [0.2, 0.25) is 0 Å². The average Bonchev–Trinajstić information content (AvgIpc) is 2.62. The molecule has 0 aromatic carbocycles. The Morgan fingerprint density at radius 3 is 2.67 bits per heavy atom. The lowest BCUT2D eigenvalue weighted by Gasteiger charge is -2.28. The molecule has 0 aliphatic carbocycles. The highest BCUT2D eigenvalue weighted by atomic mass is 16.5. The number of aryl methyl sites for hydroxylation is 1. The van der Waals surface area contributed by atoms with Gasteiger partial charge in [-0.25, -0.2) is 0 Å². The number of methoxy groups -OCH3 is 1. The number of carboxylic acids is 1. The number of aliphatic carboxylic acids is 1. The van der Waals surface area contributed by atoms with Gasteiger partial charge in [0.05, 0.1) is 24.8 Å². The Balaban J connectivity index is 2.81. The van der Waals surface area contributed by atoms with Crippen molar-refractivity contribution in [2.24, 2.45) is 0 Å². The molecule has 1 rings (SSSR count). The summed E-state index contributed by atoms with van der Waals surface area (Å²) in [4.78, 5) is 22.7. The van der Waals surface area contributed by atoms with Gasteiger partial charge in [0.1, 0.15) is 0 Å². The zero-order valence-electron chi connectivity index (χ0n) is 10.6. The van der Waals surface area contributed by atoms with Gasteiger partial charge >= 0.3 is 5.97 Å². The van der Waals surface area contributed by atoms with Crippen LogP contribution in [0.4, 0.5) is 0 Å². The molecule has 1 atom stereocenters. The van der Waals surface area contributed by atoms with Crippen LogP contribution in [0.25, 0.3) is 0 Å². The van der Waals surface area contributed by atoms with Crippen LogP contribution in [0.3, 0.4) is 0 Å². The number of carbonyl (C=O) groups excluding carboxylic acids is 1. The summed E-state index contributed by atoms with van der Waals surface area (Å²) in [5.74, 6) is -1.27. The van der Waals surface area contributed by atoms with E-state index in [1.54, 1.807) is 19.9 Å². The molecule has 0 radical (unpaired) electrons. The molecule has 0 saturated heterocycles. The van der Waals surface area contributed by atoms with E-state index < -0.39 is 17.4 Å². The van der Waals surface area contributed by atoms with Crippen molar-refractivity contribution in [1.82, 2.24) is 5.32 Å². The molecule has 18 heavy (non-hydrogen) atoms. The summed E-state index contributed by atoms with van der Waals surface area (Å²) in [5, 5.41) is 11.5. The zero-order chi connectivity index (χ0) is 13.8. The molecule has 0 spiro atoms. The monoisotopic (exact) mass is 255 g/mol. The van der Waals surface area contributed by atoms with E-state index in [9.17, 15) is 9.59 Å². The molecule has 2 N–H and O–H groups in total. The minimum atomic E-state index is -1.01. The highest BCUT2D eigenvalue weighted by Crippen LogP contribution is 2.14. The van der Waals surface area contributed by atoms with E-state index in [1.807, 2.05) is 0 Å². The van der Waals surface area contributed by atoms with Crippen molar-refractivity contribution in [3.8, 4) is 0 Å². The van der Waals surface area contributed by atoms with E-state index in [2.05, 4.69) is 5.32 Å². The molecule has 6 heteroatoms. The first-order valence-electron chi connectivity index (χ1n) is 5.45. The topological polar surface area (TPSA) is 88.8 Å². The Labute approximate surface area is 105 Å². The van der Waals surface area contributed by atoms with Gasteiger partial charge in [-0.05, 0) is 19.9 Å². The number of hydrogen-bond acceptors (Lipinski definition) is 4. The van der Waals surface area contributed by atoms with E-state index >= 15 is 0 Å². The predicted molar refractivity (Wildman–Crippen MR) is 63.4 cm³/mol. The molecular formula is C12H17NO5. The normalized spacial score (nSPS) is 13.9. The summed E-state index contributed by atoms with van der Waals surface area (Å²) in [5.41, 5.74) is -0.278. The van der Waals surface area contributed by atoms with Gasteiger partial charge in [0, 0.05) is 12.7 Å². The Hall–Kier alpha value is -1.82. The van der Waals surface area contributed by atoms with Crippen LogP contribution in [0, 0.1) is 6.92 Å². The van der Waals surface area contributed by atoms with E-state index in [0.717, 1.165) is 0 Å². The molecular weight excluding hydrogens is 238 g/mol. The highest BCUT2D eigenvalue weighted by molar-refractivity contribution is 5.93. The summed E-state index contributed by atoms with van der Waals surface area (Å²) in [6, 6.07) is 1.67. The number of rotatable bonds is 6. The van der Waals surface area contributed by atoms with Crippen LogP contribution in [0.1, 0.15) is 29.5 Å². The van der Waals surface area contributed by atoms with Gasteiger partial charge < -0.3 is 19.6 Å². The molecule has 0 aliphatic heterocycles. The minimum absolute atomic E-state index is 0.102. The van der Waals surface area contributed by atoms with Crippen molar-refractivity contribution in [2.45, 2.75) is 25.8 Å². The third-order valence-corrected chi connectivity index (χ3v) is 2.49. The van der Waals surface area contributed by atoms with Gasteiger partial charge in [0.2, 0.25) is 0 Å². The molecule has 1 heterocycles. The third-order valence-electron chi connectivity index (χ3n) is 2.49. The fourth-order valence-electron chi connectivity index (χ4n) is 1.72. The lowest BCUT2D eigenvalue weighted by Crippen LogP contribution is -2.50. The van der Waals surface area contributed by atoms with Crippen LogP contribution in [-0.4, -0.2) is 36.2 Å². The van der Waals surface area contributed by atoms with Gasteiger partial charge in [0.15, 0.2) is 5.76 Å². The number of amides is 1. The molecule has 6 nitrogen and oxygen atoms in total. The molecule has 1 unspecified atom stereocenters. The fraction of sp³-hybridized carbons (Fsp3) is 0.500. The number of ether oxygens (including phenoxy) is 1. The Kier molecular flexibility index (Phi) is 4.49. The van der Waals surface area contributed by atoms with Crippen molar-refractivity contribution in [3.63, 3.8) is 0 Å². The third kappa shape index (κ3) is 3.59. The van der Waals surface area contributed by atoms with E-state index in [1.165, 1.54) is 13.4 Å². The maximum Gasteiger partial charge on any atom is 0.305 e. The minimum Gasteiger partial charge on any atom is -0.481 e. The first-order chi connectivity index (χ1) is 8.38. The maximum atomic E-state index is 11.9. The van der Waals surface area contributed by atoms with Gasteiger partial charge in [-0.15, -0.1) is 0 Å². The second-order valence-electron chi connectivity index (χ2n) is 4.45. The molecule has 0 saturated carbocycles. The smallest absolute Gasteiger partial charge is 0.305 e.